The van der Waals surface area contributed by atoms with Gasteiger partial charge >= 0.3 is 0 Å². The third-order valence-corrected chi connectivity index (χ3v) is 4.07. The van der Waals surface area contributed by atoms with Gasteiger partial charge in [-0.2, -0.15) is 0 Å². The van der Waals surface area contributed by atoms with Crippen LogP contribution in [0, 0.1) is 0 Å². The van der Waals surface area contributed by atoms with Gasteiger partial charge in [-0.25, -0.2) is 4.98 Å². The van der Waals surface area contributed by atoms with Crippen LogP contribution < -0.4 is 10.6 Å². The predicted molar refractivity (Wildman–Crippen MR) is 72.2 cm³/mol. The topological polar surface area (TPSA) is 71.1 Å². The van der Waals surface area contributed by atoms with E-state index in [4.69, 9.17) is 0 Å². The summed E-state index contributed by atoms with van der Waals surface area (Å²) >= 11 is 2.89. The summed E-state index contributed by atoms with van der Waals surface area (Å²) in [6, 6.07) is -0.158. The number of aromatic nitrogens is 1. The molecule has 1 atom stereocenters. The fourth-order valence-electron chi connectivity index (χ4n) is 1.25. The molecule has 1 amide bonds. The first-order valence-electron chi connectivity index (χ1n) is 4.75. The van der Waals surface area contributed by atoms with E-state index in [0.717, 1.165) is 11.6 Å². The van der Waals surface area contributed by atoms with Crippen molar-refractivity contribution >= 4 is 52.3 Å². The minimum atomic E-state index is -0.158. The maximum atomic E-state index is 11.7. The van der Waals surface area contributed by atoms with Crippen LogP contribution in [-0.2, 0) is 4.79 Å². The van der Waals surface area contributed by atoms with Crippen molar-refractivity contribution in [3.63, 3.8) is 0 Å². The Morgan fingerprint density at radius 2 is 2.35 bits per heavy atom. The number of hydrogen-bond donors (Lipinski definition) is 2. The van der Waals surface area contributed by atoms with Crippen molar-refractivity contribution in [3.05, 3.63) is 11.1 Å². The zero-order valence-corrected chi connectivity index (χ0v) is 11.5. The van der Waals surface area contributed by atoms with Gasteiger partial charge in [-0.05, 0) is 0 Å². The van der Waals surface area contributed by atoms with Gasteiger partial charge < -0.3 is 5.32 Å². The van der Waals surface area contributed by atoms with E-state index in [-0.39, 0.29) is 30.1 Å². The Morgan fingerprint density at radius 3 is 2.88 bits per heavy atom. The van der Waals surface area contributed by atoms with Crippen molar-refractivity contribution in [1.29, 1.82) is 0 Å². The normalized spacial score (nSPS) is 18.5. The summed E-state index contributed by atoms with van der Waals surface area (Å²) in [5.74, 6) is 1.45. The first kappa shape index (κ1) is 14.4. The summed E-state index contributed by atoms with van der Waals surface area (Å²) in [4.78, 5) is 27.3. The van der Waals surface area contributed by atoms with Crippen molar-refractivity contribution in [2.45, 2.75) is 13.0 Å². The summed E-state index contributed by atoms with van der Waals surface area (Å²) in [6.45, 7) is 1.48. The first-order chi connectivity index (χ1) is 7.66. The second-order valence-electron chi connectivity index (χ2n) is 3.35. The molecule has 94 valence electrons. The molecular formula is C9H12ClN3O2S2. The average molecular weight is 294 g/mol. The first-order valence-corrected chi connectivity index (χ1v) is 6.72. The van der Waals surface area contributed by atoms with Crippen molar-refractivity contribution in [2.24, 2.45) is 0 Å². The molecule has 0 saturated carbocycles. The number of nitrogens with zero attached hydrogens (tertiary/aromatic N) is 1. The lowest BCUT2D eigenvalue weighted by molar-refractivity contribution is -0.117. The monoisotopic (exact) mass is 293 g/mol. The Labute approximate surface area is 113 Å². The van der Waals surface area contributed by atoms with E-state index in [0.29, 0.717) is 10.0 Å². The van der Waals surface area contributed by atoms with Gasteiger partial charge in [-0.1, -0.05) is 11.3 Å². The molecule has 1 fully saturated rings. The number of halogens is 1. The SMILES string of the molecule is CC(=O)c1cnc(NC(=O)C2CSCN2)s1.Cl. The number of thiazole rings is 1. The van der Waals surface area contributed by atoms with Crippen LogP contribution in [0.2, 0.25) is 0 Å². The molecule has 17 heavy (non-hydrogen) atoms. The minimum absolute atomic E-state index is 0. The number of rotatable bonds is 3. The van der Waals surface area contributed by atoms with Crippen molar-refractivity contribution < 1.29 is 9.59 Å². The van der Waals surface area contributed by atoms with Crippen LogP contribution >= 0.6 is 35.5 Å². The van der Waals surface area contributed by atoms with Gasteiger partial charge in [-0.15, -0.1) is 24.2 Å². The summed E-state index contributed by atoms with van der Waals surface area (Å²) in [7, 11) is 0. The van der Waals surface area contributed by atoms with Gasteiger partial charge in [-0.3, -0.25) is 14.9 Å². The third-order valence-electron chi connectivity index (χ3n) is 2.12. The standard InChI is InChI=1S/C9H11N3O2S2.ClH/c1-5(13)7-2-10-9(16-7)12-8(14)6-3-15-4-11-6;/h2,6,11H,3-4H2,1H3,(H,10,12,14);1H. The molecule has 1 unspecified atom stereocenters. The van der Waals surface area contributed by atoms with Gasteiger partial charge in [0.05, 0.1) is 17.1 Å². The largest absolute Gasteiger partial charge is 0.301 e. The number of thioether (sulfide) groups is 1. The van der Waals surface area contributed by atoms with E-state index in [9.17, 15) is 9.59 Å². The van der Waals surface area contributed by atoms with Crippen molar-refractivity contribution in [2.75, 3.05) is 16.9 Å². The maximum Gasteiger partial charge on any atom is 0.244 e. The Balaban J connectivity index is 0.00000144. The van der Waals surface area contributed by atoms with E-state index < -0.39 is 0 Å². The van der Waals surface area contributed by atoms with Crippen LogP contribution in [0.5, 0.6) is 0 Å². The van der Waals surface area contributed by atoms with Gasteiger partial charge in [0, 0.05) is 18.6 Å². The number of hydrogen-bond acceptors (Lipinski definition) is 6. The van der Waals surface area contributed by atoms with Gasteiger partial charge in [0.25, 0.3) is 0 Å². The van der Waals surface area contributed by atoms with Gasteiger partial charge in [0.2, 0.25) is 5.91 Å². The molecule has 1 aliphatic heterocycles. The predicted octanol–water partition coefficient (Wildman–Crippen LogP) is 1.37. The van der Waals surface area contributed by atoms with Crippen LogP contribution in [-0.4, -0.2) is 34.3 Å². The molecule has 1 aromatic rings. The molecule has 2 heterocycles. The Hall–Kier alpha value is -0.630. The smallest absolute Gasteiger partial charge is 0.244 e. The van der Waals surface area contributed by atoms with Crippen LogP contribution in [0.1, 0.15) is 16.6 Å². The Morgan fingerprint density at radius 1 is 1.59 bits per heavy atom. The highest BCUT2D eigenvalue weighted by Gasteiger charge is 2.23. The molecule has 1 saturated heterocycles. The minimum Gasteiger partial charge on any atom is -0.301 e. The number of carbonyl (C=O) groups excluding carboxylic acids is 2. The van der Waals surface area contributed by atoms with E-state index in [1.54, 1.807) is 11.8 Å². The second-order valence-corrected chi connectivity index (χ2v) is 5.41. The van der Waals surface area contributed by atoms with Crippen LogP contribution in [0.4, 0.5) is 5.13 Å². The van der Waals surface area contributed by atoms with Gasteiger partial charge in [0.1, 0.15) is 0 Å². The molecule has 0 radical (unpaired) electrons. The Bertz CT molecular complexity index is 418. The van der Waals surface area contributed by atoms with E-state index in [1.807, 2.05) is 0 Å². The van der Waals surface area contributed by atoms with E-state index >= 15 is 0 Å². The number of amides is 1. The quantitative estimate of drug-likeness (QED) is 0.824. The highest BCUT2D eigenvalue weighted by atomic mass is 35.5. The summed E-state index contributed by atoms with van der Waals surface area (Å²) in [5, 5.41) is 6.25. The van der Waals surface area contributed by atoms with Crippen molar-refractivity contribution in [1.82, 2.24) is 10.3 Å². The molecule has 0 aliphatic carbocycles. The Kier molecular flexibility index (Phi) is 5.38. The molecule has 8 heteroatoms. The highest BCUT2D eigenvalue weighted by molar-refractivity contribution is 7.99. The third kappa shape index (κ3) is 3.67. The lowest BCUT2D eigenvalue weighted by Crippen LogP contribution is -2.37. The number of nitrogens with one attached hydrogen (secondary N) is 2. The molecule has 1 aromatic heterocycles. The highest BCUT2D eigenvalue weighted by Crippen LogP contribution is 2.19. The van der Waals surface area contributed by atoms with Crippen LogP contribution in [0.15, 0.2) is 6.20 Å². The van der Waals surface area contributed by atoms with E-state index in [2.05, 4.69) is 15.6 Å². The summed E-state index contributed by atoms with van der Waals surface area (Å²) in [5.41, 5.74) is 0. The molecule has 2 rings (SSSR count). The zero-order chi connectivity index (χ0) is 11.5. The van der Waals surface area contributed by atoms with Crippen LogP contribution in [0.3, 0.4) is 0 Å². The number of ketones is 1. The molecule has 0 aromatic carbocycles. The number of anilines is 1. The van der Waals surface area contributed by atoms with Crippen molar-refractivity contribution in [3.8, 4) is 0 Å². The van der Waals surface area contributed by atoms with Crippen LogP contribution in [0.25, 0.3) is 0 Å². The molecule has 0 spiro atoms. The average Bonchev–Trinajstić information content (AvgIpc) is 2.87. The second kappa shape index (κ2) is 6.34. The fourth-order valence-corrected chi connectivity index (χ4v) is 2.91. The molecule has 5 nitrogen and oxygen atoms in total. The molecule has 0 bridgehead atoms. The molecule has 2 N–H and O–H groups in total. The maximum absolute atomic E-state index is 11.7. The van der Waals surface area contributed by atoms with E-state index in [1.165, 1.54) is 24.5 Å². The number of carbonyl (C=O) groups is 2. The fraction of sp³-hybridized carbons (Fsp3) is 0.444. The lowest BCUT2D eigenvalue weighted by atomic mass is 10.3. The molecular weight excluding hydrogens is 282 g/mol. The van der Waals surface area contributed by atoms with Gasteiger partial charge in [0.15, 0.2) is 10.9 Å². The molecule has 1 aliphatic rings. The number of Topliss-reactive ketones (excluding diaryl/α,β-unsaturated/α-hetero) is 1. The lowest BCUT2D eigenvalue weighted by Gasteiger charge is -2.07. The summed E-state index contributed by atoms with van der Waals surface area (Å²) < 4.78 is 0. The summed E-state index contributed by atoms with van der Waals surface area (Å²) in [6.07, 6.45) is 1.49. The zero-order valence-electron chi connectivity index (χ0n) is 9.06.